The van der Waals surface area contributed by atoms with E-state index in [1.807, 2.05) is 0 Å². The van der Waals surface area contributed by atoms with Gasteiger partial charge in [-0.1, -0.05) is 12.1 Å². The van der Waals surface area contributed by atoms with E-state index in [1.54, 1.807) is 36.4 Å². The van der Waals surface area contributed by atoms with Gasteiger partial charge in [0, 0.05) is 18.2 Å². The predicted octanol–water partition coefficient (Wildman–Crippen LogP) is 4.71. The van der Waals surface area contributed by atoms with E-state index >= 15 is 0 Å². The molecule has 4 aromatic rings. The number of ether oxygens (including phenoxy) is 4. The van der Waals surface area contributed by atoms with Gasteiger partial charge in [0.25, 0.3) is 0 Å². The topological polar surface area (TPSA) is 109 Å². The molecule has 1 aromatic heterocycles. The summed E-state index contributed by atoms with van der Waals surface area (Å²) in [6, 6.07) is 15.2. The maximum atomic E-state index is 13.7. The normalized spacial score (nSPS) is 12.7. The van der Waals surface area contributed by atoms with Crippen molar-refractivity contribution in [2.75, 3.05) is 32.8 Å². The second kappa shape index (κ2) is 10.0. The number of benzene rings is 3. The van der Waals surface area contributed by atoms with Gasteiger partial charge in [0.2, 0.25) is 26.6 Å². The maximum absolute atomic E-state index is 13.7. The Hall–Kier alpha value is -4.25. The van der Waals surface area contributed by atoms with Crippen LogP contribution in [-0.4, -0.2) is 40.8 Å². The van der Waals surface area contributed by atoms with Crippen molar-refractivity contribution in [3.05, 3.63) is 72.0 Å². The lowest BCUT2D eigenvalue weighted by Crippen LogP contribution is -2.16. The lowest BCUT2D eigenvalue weighted by Gasteiger charge is -2.18. The summed E-state index contributed by atoms with van der Waals surface area (Å²) < 4.78 is 68.3. The smallest absolute Gasteiger partial charge is 0.234 e. The molecule has 0 saturated heterocycles. The molecule has 192 valence electrons. The Morgan fingerprint density at radius 1 is 0.919 bits per heavy atom. The first-order chi connectivity index (χ1) is 17.9. The molecule has 0 bridgehead atoms. The third-order valence-electron chi connectivity index (χ3n) is 5.67. The Kier molecular flexibility index (Phi) is 6.62. The van der Waals surface area contributed by atoms with Crippen LogP contribution < -0.4 is 24.3 Å². The molecular weight excluding hydrogens is 503 g/mol. The van der Waals surface area contributed by atoms with Crippen molar-refractivity contribution in [1.29, 1.82) is 0 Å². The molecule has 0 atom stereocenters. The standard InChI is InChI=1S/C26H23FN2O7S/c1-32-20-9-5-17(13-22(20)33-2)24-29-26(25(36-24)28-15-16-3-6-18(27)7-4-16)37(30,31)19-8-10-21-23(14-19)35-12-11-34-21/h3-10,13-14,28H,11-12,15H2,1-2H3. The van der Waals surface area contributed by atoms with Crippen LogP contribution in [0.5, 0.6) is 23.0 Å². The number of hydrogen-bond acceptors (Lipinski definition) is 9. The highest BCUT2D eigenvalue weighted by molar-refractivity contribution is 7.91. The Labute approximate surface area is 212 Å². The molecule has 0 radical (unpaired) electrons. The van der Waals surface area contributed by atoms with Crippen LogP contribution in [0.2, 0.25) is 0 Å². The number of aromatic nitrogens is 1. The van der Waals surface area contributed by atoms with E-state index in [4.69, 9.17) is 23.4 Å². The fraction of sp³-hybridized carbons (Fsp3) is 0.192. The molecular formula is C26H23FN2O7S. The SMILES string of the molecule is COc1ccc(-c2nc(S(=O)(=O)c3ccc4c(c3)OCCO4)c(NCc3ccc(F)cc3)o2)cc1OC. The fourth-order valence-electron chi connectivity index (χ4n) is 3.78. The van der Waals surface area contributed by atoms with Crippen molar-refractivity contribution in [3.8, 4) is 34.5 Å². The van der Waals surface area contributed by atoms with Crippen molar-refractivity contribution in [2.24, 2.45) is 0 Å². The molecule has 1 aliphatic heterocycles. The zero-order valence-electron chi connectivity index (χ0n) is 20.0. The van der Waals surface area contributed by atoms with Gasteiger partial charge in [-0.25, -0.2) is 12.8 Å². The summed E-state index contributed by atoms with van der Waals surface area (Å²) in [7, 11) is -1.15. The molecule has 0 fully saturated rings. The average Bonchev–Trinajstić information content (AvgIpc) is 3.37. The third-order valence-corrected chi connectivity index (χ3v) is 7.33. The number of fused-ring (bicyclic) bond motifs is 1. The van der Waals surface area contributed by atoms with E-state index in [-0.39, 0.29) is 34.1 Å². The first kappa shape index (κ1) is 24.4. The van der Waals surface area contributed by atoms with Crippen LogP contribution in [0.3, 0.4) is 0 Å². The number of nitrogens with one attached hydrogen (secondary N) is 1. The Morgan fingerprint density at radius 2 is 1.65 bits per heavy atom. The molecule has 0 unspecified atom stereocenters. The Morgan fingerprint density at radius 3 is 2.38 bits per heavy atom. The molecule has 5 rings (SSSR count). The number of sulfone groups is 1. The molecule has 37 heavy (non-hydrogen) atoms. The summed E-state index contributed by atoms with van der Waals surface area (Å²) in [4.78, 5) is 4.32. The third kappa shape index (κ3) is 4.90. The maximum Gasteiger partial charge on any atom is 0.234 e. The molecule has 1 N–H and O–H groups in total. The zero-order chi connectivity index (χ0) is 26.0. The summed E-state index contributed by atoms with van der Waals surface area (Å²) in [5.74, 6) is 1.33. The molecule has 9 nitrogen and oxygen atoms in total. The number of rotatable bonds is 8. The molecule has 0 aliphatic carbocycles. The molecule has 11 heteroatoms. The minimum absolute atomic E-state index is 0.0336. The van der Waals surface area contributed by atoms with Gasteiger partial charge in [-0.15, -0.1) is 0 Å². The summed E-state index contributed by atoms with van der Waals surface area (Å²) in [5.41, 5.74) is 1.19. The van der Waals surface area contributed by atoms with Crippen molar-refractivity contribution in [3.63, 3.8) is 0 Å². The van der Waals surface area contributed by atoms with Crippen LogP contribution in [0, 0.1) is 5.82 Å². The quantitative estimate of drug-likeness (QED) is 0.349. The van der Waals surface area contributed by atoms with Crippen LogP contribution in [0.4, 0.5) is 10.3 Å². The predicted molar refractivity (Wildman–Crippen MR) is 132 cm³/mol. The number of oxazole rings is 1. The summed E-state index contributed by atoms with van der Waals surface area (Å²) >= 11 is 0. The first-order valence-corrected chi connectivity index (χ1v) is 12.7. The van der Waals surface area contributed by atoms with Crippen LogP contribution in [0.1, 0.15) is 5.56 Å². The van der Waals surface area contributed by atoms with Gasteiger partial charge in [-0.05, 0) is 48.0 Å². The molecule has 2 heterocycles. The van der Waals surface area contributed by atoms with Gasteiger partial charge in [-0.3, -0.25) is 0 Å². The largest absolute Gasteiger partial charge is 0.493 e. The lowest BCUT2D eigenvalue weighted by molar-refractivity contribution is 0.171. The van der Waals surface area contributed by atoms with E-state index in [2.05, 4.69) is 10.3 Å². The van der Waals surface area contributed by atoms with Crippen LogP contribution in [0.15, 0.2) is 75.0 Å². The van der Waals surface area contributed by atoms with Gasteiger partial charge < -0.3 is 28.7 Å². The number of nitrogens with zero attached hydrogens (tertiary/aromatic N) is 1. The number of methoxy groups -OCH3 is 2. The summed E-state index contributed by atoms with van der Waals surface area (Å²) in [5, 5.41) is 2.68. The van der Waals surface area contributed by atoms with E-state index in [1.165, 1.54) is 38.5 Å². The molecule has 0 amide bonds. The van der Waals surface area contributed by atoms with E-state index in [0.717, 1.165) is 0 Å². The highest BCUT2D eigenvalue weighted by Gasteiger charge is 2.30. The number of anilines is 1. The monoisotopic (exact) mass is 526 g/mol. The fourth-order valence-corrected chi connectivity index (χ4v) is 5.07. The van der Waals surface area contributed by atoms with Crippen LogP contribution in [-0.2, 0) is 16.4 Å². The summed E-state index contributed by atoms with van der Waals surface area (Å²) in [6.45, 7) is 0.868. The molecule has 0 saturated carbocycles. The molecule has 3 aromatic carbocycles. The van der Waals surface area contributed by atoms with Gasteiger partial charge in [0.15, 0.2) is 23.0 Å². The number of halogens is 1. The summed E-state index contributed by atoms with van der Waals surface area (Å²) in [6.07, 6.45) is 0. The van der Waals surface area contributed by atoms with E-state index in [0.29, 0.717) is 47.3 Å². The lowest BCUT2D eigenvalue weighted by atomic mass is 10.2. The van der Waals surface area contributed by atoms with Crippen LogP contribution in [0.25, 0.3) is 11.5 Å². The van der Waals surface area contributed by atoms with Crippen molar-refractivity contribution in [2.45, 2.75) is 16.5 Å². The van der Waals surface area contributed by atoms with Gasteiger partial charge in [0.05, 0.1) is 19.1 Å². The minimum atomic E-state index is -4.15. The van der Waals surface area contributed by atoms with Crippen LogP contribution >= 0.6 is 0 Å². The second-order valence-corrected chi connectivity index (χ2v) is 9.88. The van der Waals surface area contributed by atoms with Gasteiger partial charge in [-0.2, -0.15) is 4.98 Å². The highest BCUT2D eigenvalue weighted by atomic mass is 32.2. The van der Waals surface area contributed by atoms with Crippen molar-refractivity contribution < 1.29 is 36.2 Å². The number of hydrogen-bond donors (Lipinski definition) is 1. The molecule has 1 aliphatic rings. The second-order valence-electron chi connectivity index (χ2n) is 8.01. The van der Waals surface area contributed by atoms with Gasteiger partial charge >= 0.3 is 0 Å². The average molecular weight is 527 g/mol. The minimum Gasteiger partial charge on any atom is -0.493 e. The molecule has 0 spiro atoms. The van der Waals surface area contributed by atoms with E-state index in [9.17, 15) is 12.8 Å². The van der Waals surface area contributed by atoms with E-state index < -0.39 is 9.84 Å². The zero-order valence-corrected chi connectivity index (χ0v) is 20.8. The van der Waals surface area contributed by atoms with Crippen molar-refractivity contribution in [1.82, 2.24) is 4.98 Å². The van der Waals surface area contributed by atoms with Gasteiger partial charge in [0.1, 0.15) is 19.0 Å². The Balaban J connectivity index is 1.56. The van der Waals surface area contributed by atoms with Crippen molar-refractivity contribution >= 4 is 15.7 Å². The Bertz CT molecular complexity index is 1540. The first-order valence-electron chi connectivity index (χ1n) is 11.3. The highest BCUT2D eigenvalue weighted by Crippen LogP contribution is 2.38.